The van der Waals surface area contributed by atoms with Crippen molar-refractivity contribution in [1.29, 1.82) is 5.26 Å². The van der Waals surface area contributed by atoms with Gasteiger partial charge in [-0.25, -0.2) is 4.39 Å². The number of ketones is 1. The number of pyridine rings is 1. The van der Waals surface area contributed by atoms with E-state index >= 15 is 0 Å². The van der Waals surface area contributed by atoms with Crippen LogP contribution in [0.25, 0.3) is 0 Å². The molecule has 9 nitrogen and oxygen atoms in total. The first kappa shape index (κ1) is 29.9. The Hall–Kier alpha value is -4.62. The topological polar surface area (TPSA) is 116 Å². The molecule has 222 valence electrons. The molecule has 2 amide bonds. The van der Waals surface area contributed by atoms with Crippen LogP contribution in [0.1, 0.15) is 61.6 Å². The van der Waals surface area contributed by atoms with Crippen LogP contribution in [0.2, 0.25) is 0 Å². The fourth-order valence-corrected chi connectivity index (χ4v) is 5.62. The molecule has 3 heterocycles. The van der Waals surface area contributed by atoms with Crippen molar-refractivity contribution in [2.24, 2.45) is 5.92 Å². The number of nitrogens with zero attached hydrogens (tertiary/aromatic N) is 4. The first-order valence-corrected chi connectivity index (χ1v) is 14.4. The van der Waals surface area contributed by atoms with Gasteiger partial charge >= 0.3 is 0 Å². The maximum Gasteiger partial charge on any atom is 0.272 e. The van der Waals surface area contributed by atoms with Gasteiger partial charge < -0.3 is 15.0 Å². The van der Waals surface area contributed by atoms with E-state index in [2.05, 4.69) is 16.4 Å². The Balaban J connectivity index is 1.09. The Labute approximate surface area is 250 Å². The lowest BCUT2D eigenvalue weighted by molar-refractivity contribution is 0.0645. The molecule has 1 aromatic heterocycles. The highest BCUT2D eigenvalue weighted by Gasteiger charge is 2.31. The third-order valence-corrected chi connectivity index (χ3v) is 8.20. The number of hydrogen-bond donors (Lipinski definition) is 1. The Morgan fingerprint density at radius 2 is 1.67 bits per heavy atom. The standard InChI is InChI=1S/C33H34FN5O4/c1-43-27-9-6-24(7-10-27)31(40)25-12-16-39(17-13-25)33(42)30-11-8-26(19-36-30)32(41)37-29-14-15-38(21-28(29)34)20-23-4-2-22(18-35)3-5-23/h2-11,19,25,28-29H,12-17,20-21H2,1H3,(H,37,41)/t28-,29?/m0/s1. The van der Waals surface area contributed by atoms with Crippen molar-refractivity contribution in [3.63, 3.8) is 0 Å². The number of hydrogen-bond acceptors (Lipinski definition) is 7. The van der Waals surface area contributed by atoms with Gasteiger partial charge in [0.1, 0.15) is 17.6 Å². The van der Waals surface area contributed by atoms with Crippen molar-refractivity contribution in [3.05, 3.63) is 94.8 Å². The normalized spacial score (nSPS) is 19.3. The SMILES string of the molecule is COc1ccc(C(=O)C2CCN(C(=O)c3ccc(C(=O)NC4CCN(Cc5ccc(C#N)cc5)C[C@@H]4F)cn3)CC2)cc1. The number of methoxy groups -OCH3 is 1. The highest BCUT2D eigenvalue weighted by Crippen LogP contribution is 2.24. The summed E-state index contributed by atoms with van der Waals surface area (Å²) >= 11 is 0. The minimum atomic E-state index is -1.23. The quantitative estimate of drug-likeness (QED) is 0.398. The molecule has 10 heteroatoms. The molecule has 0 bridgehead atoms. The third kappa shape index (κ3) is 7.24. The molecule has 0 saturated carbocycles. The van der Waals surface area contributed by atoms with Gasteiger partial charge in [-0.2, -0.15) is 5.26 Å². The van der Waals surface area contributed by atoms with Crippen molar-refractivity contribution in [3.8, 4) is 11.8 Å². The van der Waals surface area contributed by atoms with Gasteiger partial charge in [-0.05, 0) is 73.4 Å². The number of rotatable bonds is 8. The smallest absolute Gasteiger partial charge is 0.272 e. The predicted molar refractivity (Wildman–Crippen MR) is 157 cm³/mol. The number of likely N-dealkylation sites (tertiary alicyclic amines) is 2. The predicted octanol–water partition coefficient (Wildman–Crippen LogP) is 4.04. The number of alkyl halides is 1. The number of amides is 2. The first-order chi connectivity index (χ1) is 20.8. The number of benzene rings is 2. The second-order valence-electron chi connectivity index (χ2n) is 11.0. The molecule has 2 aliphatic rings. The largest absolute Gasteiger partial charge is 0.497 e. The molecular weight excluding hydrogens is 549 g/mol. The second-order valence-corrected chi connectivity index (χ2v) is 11.0. The lowest BCUT2D eigenvalue weighted by Crippen LogP contribution is -2.52. The van der Waals surface area contributed by atoms with Gasteiger partial charge in [0.2, 0.25) is 0 Å². The summed E-state index contributed by atoms with van der Waals surface area (Å²) < 4.78 is 20.1. The molecule has 0 spiro atoms. The Morgan fingerprint density at radius 1 is 0.977 bits per heavy atom. The summed E-state index contributed by atoms with van der Waals surface area (Å²) in [6, 6.07) is 18.8. The maximum atomic E-state index is 15.0. The van der Waals surface area contributed by atoms with E-state index in [0.717, 1.165) is 5.56 Å². The summed E-state index contributed by atoms with van der Waals surface area (Å²) in [6.45, 7) is 2.27. The summed E-state index contributed by atoms with van der Waals surface area (Å²) in [4.78, 5) is 46.7. The zero-order valence-electron chi connectivity index (χ0n) is 24.0. The minimum Gasteiger partial charge on any atom is -0.497 e. The molecule has 5 rings (SSSR count). The number of piperidine rings is 2. The maximum absolute atomic E-state index is 15.0. The number of carbonyl (C=O) groups excluding carboxylic acids is 3. The van der Waals surface area contributed by atoms with Crippen LogP contribution in [0.5, 0.6) is 5.75 Å². The van der Waals surface area contributed by atoms with Crippen LogP contribution in [0, 0.1) is 17.2 Å². The summed E-state index contributed by atoms with van der Waals surface area (Å²) in [5, 5.41) is 11.7. The molecule has 0 radical (unpaired) electrons. The molecule has 1 N–H and O–H groups in total. The van der Waals surface area contributed by atoms with Crippen LogP contribution < -0.4 is 10.1 Å². The summed E-state index contributed by atoms with van der Waals surface area (Å²) in [5.74, 6) is -0.0788. The summed E-state index contributed by atoms with van der Waals surface area (Å²) in [7, 11) is 1.58. The Morgan fingerprint density at radius 3 is 2.28 bits per heavy atom. The molecule has 2 saturated heterocycles. The fourth-order valence-electron chi connectivity index (χ4n) is 5.62. The van der Waals surface area contributed by atoms with Gasteiger partial charge in [0, 0.05) is 50.4 Å². The molecular formula is C33H34FN5O4. The van der Waals surface area contributed by atoms with Crippen LogP contribution >= 0.6 is 0 Å². The van der Waals surface area contributed by atoms with Crippen LogP contribution in [-0.4, -0.2) is 77.9 Å². The average Bonchev–Trinajstić information content (AvgIpc) is 3.06. The zero-order valence-corrected chi connectivity index (χ0v) is 24.0. The molecule has 43 heavy (non-hydrogen) atoms. The van der Waals surface area contributed by atoms with Gasteiger partial charge in [-0.3, -0.25) is 24.3 Å². The van der Waals surface area contributed by atoms with Crippen LogP contribution in [0.4, 0.5) is 4.39 Å². The van der Waals surface area contributed by atoms with Crippen LogP contribution in [0.3, 0.4) is 0 Å². The number of carbonyl (C=O) groups is 3. The second kappa shape index (κ2) is 13.6. The van der Waals surface area contributed by atoms with Crippen molar-refractivity contribution in [1.82, 2.24) is 20.1 Å². The lowest BCUT2D eigenvalue weighted by Gasteiger charge is -2.35. The number of nitrogens with one attached hydrogen (secondary N) is 1. The number of nitriles is 1. The molecule has 3 aromatic rings. The van der Waals surface area contributed by atoms with Gasteiger partial charge in [0.25, 0.3) is 11.8 Å². The molecule has 0 aliphatic carbocycles. The number of aromatic nitrogens is 1. The third-order valence-electron chi connectivity index (χ3n) is 8.20. The van der Waals surface area contributed by atoms with E-state index in [4.69, 9.17) is 10.00 Å². The van der Waals surface area contributed by atoms with E-state index in [1.807, 2.05) is 17.0 Å². The number of halogens is 1. The number of Topliss-reactive ketones (excluding diaryl/α,β-unsaturated/α-hetero) is 1. The van der Waals surface area contributed by atoms with E-state index in [0.29, 0.717) is 62.3 Å². The van der Waals surface area contributed by atoms with Gasteiger partial charge in [0.15, 0.2) is 5.78 Å². The van der Waals surface area contributed by atoms with E-state index in [9.17, 15) is 18.8 Å². The summed E-state index contributed by atoms with van der Waals surface area (Å²) in [5.41, 5.74) is 2.69. The molecule has 2 atom stereocenters. The van der Waals surface area contributed by atoms with Gasteiger partial charge in [0.05, 0.1) is 30.3 Å². The Bertz CT molecular complexity index is 1480. The molecule has 2 aliphatic heterocycles. The van der Waals surface area contributed by atoms with Crippen LogP contribution in [0.15, 0.2) is 66.9 Å². The average molecular weight is 584 g/mol. The van der Waals surface area contributed by atoms with E-state index in [1.54, 1.807) is 48.4 Å². The van der Waals surface area contributed by atoms with E-state index < -0.39 is 18.1 Å². The highest BCUT2D eigenvalue weighted by molar-refractivity contribution is 5.99. The zero-order chi connectivity index (χ0) is 30.3. The number of ether oxygens (including phenoxy) is 1. The highest BCUT2D eigenvalue weighted by atomic mass is 19.1. The van der Waals surface area contributed by atoms with Gasteiger partial charge in [-0.15, -0.1) is 0 Å². The van der Waals surface area contributed by atoms with Crippen molar-refractivity contribution >= 4 is 17.6 Å². The molecule has 2 fully saturated rings. The minimum absolute atomic E-state index is 0.0655. The fraction of sp³-hybridized carbons (Fsp3) is 0.364. The van der Waals surface area contributed by atoms with Crippen molar-refractivity contribution in [2.75, 3.05) is 33.3 Å². The summed E-state index contributed by atoms with van der Waals surface area (Å²) in [6.07, 6.45) is 1.70. The van der Waals surface area contributed by atoms with Crippen molar-refractivity contribution in [2.45, 2.75) is 38.0 Å². The molecule has 2 aromatic carbocycles. The van der Waals surface area contributed by atoms with E-state index in [1.165, 1.54) is 18.3 Å². The van der Waals surface area contributed by atoms with Crippen LogP contribution in [-0.2, 0) is 6.54 Å². The monoisotopic (exact) mass is 583 g/mol. The lowest BCUT2D eigenvalue weighted by atomic mass is 9.88. The van der Waals surface area contributed by atoms with E-state index in [-0.39, 0.29) is 35.4 Å². The van der Waals surface area contributed by atoms with Crippen molar-refractivity contribution < 1.29 is 23.5 Å². The van der Waals surface area contributed by atoms with Gasteiger partial charge in [-0.1, -0.05) is 12.1 Å². The Kier molecular flexibility index (Phi) is 9.42. The molecule has 1 unspecified atom stereocenters. The first-order valence-electron chi connectivity index (χ1n) is 14.4.